The van der Waals surface area contributed by atoms with Gasteiger partial charge in [0.05, 0.1) is 5.56 Å². The smallest absolute Gasteiger partial charge is 0.335 e. The van der Waals surface area contributed by atoms with Crippen molar-refractivity contribution in [1.82, 2.24) is 4.90 Å². The van der Waals surface area contributed by atoms with Crippen molar-refractivity contribution in [1.29, 1.82) is 0 Å². The van der Waals surface area contributed by atoms with Crippen LogP contribution in [0.4, 0.5) is 0 Å². The molecule has 110 valence electrons. The van der Waals surface area contributed by atoms with Gasteiger partial charge in [0.25, 0.3) is 0 Å². The van der Waals surface area contributed by atoms with Gasteiger partial charge in [-0.15, -0.1) is 11.3 Å². The summed E-state index contributed by atoms with van der Waals surface area (Å²) in [6, 6.07) is 8.17. The van der Waals surface area contributed by atoms with Gasteiger partial charge in [-0.3, -0.25) is 4.90 Å². The second kappa shape index (κ2) is 5.62. The number of fused-ring (bicyclic) bond motifs is 1. The first-order valence-electron chi connectivity index (χ1n) is 7.20. The molecule has 0 aliphatic carbocycles. The Morgan fingerprint density at radius 1 is 1.38 bits per heavy atom. The second-order valence-electron chi connectivity index (χ2n) is 5.61. The van der Waals surface area contributed by atoms with Crippen LogP contribution in [0.5, 0.6) is 0 Å². The summed E-state index contributed by atoms with van der Waals surface area (Å²) >= 11 is 1.80. The lowest BCUT2D eigenvalue weighted by Crippen LogP contribution is -2.33. The lowest BCUT2D eigenvalue weighted by atomic mass is 9.93. The van der Waals surface area contributed by atoms with Crippen LogP contribution in [0.25, 0.3) is 0 Å². The number of hydrogen-bond donors (Lipinski definition) is 1. The van der Waals surface area contributed by atoms with Gasteiger partial charge in [0, 0.05) is 24.0 Å². The summed E-state index contributed by atoms with van der Waals surface area (Å²) in [6.45, 7) is 6.14. The lowest BCUT2D eigenvalue weighted by Gasteiger charge is -2.34. The van der Waals surface area contributed by atoms with Crippen LogP contribution >= 0.6 is 11.3 Å². The number of thiophene rings is 1. The Kier molecular flexibility index (Phi) is 3.83. The van der Waals surface area contributed by atoms with E-state index in [0.717, 1.165) is 30.6 Å². The standard InChI is InChI=1S/C17H19NO2S/c1-11-7-9-21-16(11)12(2)18-8-6-14-13(10-18)4-3-5-15(14)17(19)20/h3-5,7,9,12H,6,8,10H2,1-2H3,(H,19,20). The number of rotatable bonds is 3. The van der Waals surface area contributed by atoms with Crippen molar-refractivity contribution in [3.8, 4) is 0 Å². The number of carboxylic acids is 1. The van der Waals surface area contributed by atoms with Gasteiger partial charge in [-0.2, -0.15) is 0 Å². The zero-order valence-electron chi connectivity index (χ0n) is 12.3. The highest BCUT2D eigenvalue weighted by Gasteiger charge is 2.25. The summed E-state index contributed by atoms with van der Waals surface area (Å²) < 4.78 is 0. The highest BCUT2D eigenvalue weighted by molar-refractivity contribution is 7.10. The highest BCUT2D eigenvalue weighted by atomic mass is 32.1. The lowest BCUT2D eigenvalue weighted by molar-refractivity contribution is 0.0694. The quantitative estimate of drug-likeness (QED) is 0.935. The van der Waals surface area contributed by atoms with E-state index >= 15 is 0 Å². The van der Waals surface area contributed by atoms with E-state index < -0.39 is 5.97 Å². The number of nitrogens with zero attached hydrogens (tertiary/aromatic N) is 1. The first kappa shape index (κ1) is 14.3. The van der Waals surface area contributed by atoms with E-state index in [2.05, 4.69) is 36.3 Å². The zero-order chi connectivity index (χ0) is 15.0. The summed E-state index contributed by atoms with van der Waals surface area (Å²) in [6.07, 6.45) is 0.812. The molecule has 1 aliphatic heterocycles. The van der Waals surface area contributed by atoms with Crippen molar-refractivity contribution in [2.75, 3.05) is 6.54 Å². The molecule has 1 atom stereocenters. The van der Waals surface area contributed by atoms with Crippen LogP contribution in [0.2, 0.25) is 0 Å². The molecule has 2 aromatic rings. The van der Waals surface area contributed by atoms with Crippen molar-refractivity contribution in [2.45, 2.75) is 32.9 Å². The number of aryl methyl sites for hydroxylation is 1. The molecule has 0 spiro atoms. The fourth-order valence-electron chi connectivity index (χ4n) is 3.14. The topological polar surface area (TPSA) is 40.5 Å². The Morgan fingerprint density at radius 2 is 2.19 bits per heavy atom. The van der Waals surface area contributed by atoms with Crippen molar-refractivity contribution < 1.29 is 9.90 Å². The number of carbonyl (C=O) groups is 1. The SMILES string of the molecule is Cc1ccsc1C(C)N1CCc2c(cccc2C(=O)O)C1. The van der Waals surface area contributed by atoms with Crippen molar-refractivity contribution in [2.24, 2.45) is 0 Å². The molecule has 21 heavy (non-hydrogen) atoms. The number of benzene rings is 1. The largest absolute Gasteiger partial charge is 0.478 e. The normalized spacial score (nSPS) is 16.5. The highest BCUT2D eigenvalue weighted by Crippen LogP contribution is 2.32. The van der Waals surface area contributed by atoms with Crippen LogP contribution in [0.15, 0.2) is 29.6 Å². The Balaban J connectivity index is 1.87. The fourth-order valence-corrected chi connectivity index (χ4v) is 4.16. The van der Waals surface area contributed by atoms with Gasteiger partial charge in [0.2, 0.25) is 0 Å². The molecule has 0 saturated heterocycles. The Hall–Kier alpha value is -1.65. The van der Waals surface area contributed by atoms with E-state index in [0.29, 0.717) is 11.6 Å². The van der Waals surface area contributed by atoms with Crippen molar-refractivity contribution in [3.05, 3.63) is 56.8 Å². The van der Waals surface area contributed by atoms with Crippen LogP contribution in [0.3, 0.4) is 0 Å². The number of aromatic carboxylic acids is 1. The summed E-state index contributed by atoms with van der Waals surface area (Å²) in [5, 5.41) is 11.4. The molecule has 0 fully saturated rings. The average molecular weight is 301 g/mol. The molecule has 2 heterocycles. The van der Waals surface area contributed by atoms with Gasteiger partial charge in [0.1, 0.15) is 0 Å². The van der Waals surface area contributed by atoms with Gasteiger partial charge in [-0.05, 0) is 54.5 Å². The van der Waals surface area contributed by atoms with E-state index in [4.69, 9.17) is 0 Å². The summed E-state index contributed by atoms with van der Waals surface area (Å²) in [4.78, 5) is 15.2. The maximum absolute atomic E-state index is 11.3. The molecule has 0 amide bonds. The predicted molar refractivity (Wildman–Crippen MR) is 85.0 cm³/mol. The first-order chi connectivity index (χ1) is 10.1. The Morgan fingerprint density at radius 3 is 2.86 bits per heavy atom. The minimum atomic E-state index is -0.817. The number of carboxylic acid groups (broad SMARTS) is 1. The third-order valence-corrected chi connectivity index (χ3v) is 5.54. The maximum Gasteiger partial charge on any atom is 0.335 e. The fraction of sp³-hybridized carbons (Fsp3) is 0.353. The summed E-state index contributed by atoms with van der Waals surface area (Å²) in [5.74, 6) is -0.817. The van der Waals surface area contributed by atoms with Crippen LogP contribution < -0.4 is 0 Å². The van der Waals surface area contributed by atoms with Crippen LogP contribution in [-0.4, -0.2) is 22.5 Å². The van der Waals surface area contributed by atoms with Crippen LogP contribution in [0, 0.1) is 6.92 Å². The van der Waals surface area contributed by atoms with E-state index in [9.17, 15) is 9.90 Å². The first-order valence-corrected chi connectivity index (χ1v) is 8.08. The van der Waals surface area contributed by atoms with Gasteiger partial charge >= 0.3 is 5.97 Å². The molecule has 0 radical (unpaired) electrons. The molecule has 4 heteroatoms. The van der Waals surface area contributed by atoms with Crippen LogP contribution in [0.1, 0.15) is 44.9 Å². The van der Waals surface area contributed by atoms with E-state index in [1.165, 1.54) is 10.4 Å². The molecular weight excluding hydrogens is 282 g/mol. The molecular formula is C17H19NO2S. The minimum Gasteiger partial charge on any atom is -0.478 e. The van der Waals surface area contributed by atoms with Gasteiger partial charge in [-0.25, -0.2) is 4.79 Å². The summed E-state index contributed by atoms with van der Waals surface area (Å²) in [5.41, 5.74) is 3.98. The number of hydrogen-bond acceptors (Lipinski definition) is 3. The van der Waals surface area contributed by atoms with Crippen molar-refractivity contribution in [3.63, 3.8) is 0 Å². The molecule has 1 unspecified atom stereocenters. The van der Waals surface area contributed by atoms with Gasteiger partial charge in [-0.1, -0.05) is 12.1 Å². The third-order valence-electron chi connectivity index (χ3n) is 4.35. The molecule has 1 aromatic heterocycles. The van der Waals surface area contributed by atoms with E-state index in [-0.39, 0.29) is 0 Å². The molecule has 3 rings (SSSR count). The molecule has 1 aromatic carbocycles. The predicted octanol–water partition coefficient (Wildman–Crippen LogP) is 3.87. The molecule has 3 nitrogen and oxygen atoms in total. The maximum atomic E-state index is 11.3. The molecule has 0 bridgehead atoms. The van der Waals surface area contributed by atoms with Gasteiger partial charge < -0.3 is 5.11 Å². The van der Waals surface area contributed by atoms with Gasteiger partial charge in [0.15, 0.2) is 0 Å². The summed E-state index contributed by atoms with van der Waals surface area (Å²) in [7, 11) is 0. The van der Waals surface area contributed by atoms with E-state index in [1.54, 1.807) is 17.4 Å². The minimum absolute atomic E-state index is 0.381. The molecule has 0 saturated carbocycles. The molecule has 1 N–H and O–H groups in total. The Labute approximate surface area is 128 Å². The monoisotopic (exact) mass is 301 g/mol. The third kappa shape index (κ3) is 2.61. The van der Waals surface area contributed by atoms with Crippen molar-refractivity contribution >= 4 is 17.3 Å². The average Bonchev–Trinajstić information content (AvgIpc) is 2.91. The van der Waals surface area contributed by atoms with Crippen LogP contribution in [-0.2, 0) is 13.0 Å². The molecule has 1 aliphatic rings. The Bertz CT molecular complexity index is 677. The van der Waals surface area contributed by atoms with E-state index in [1.807, 2.05) is 6.07 Å². The second-order valence-corrected chi connectivity index (χ2v) is 6.56. The zero-order valence-corrected chi connectivity index (χ0v) is 13.1.